The molecule has 0 amide bonds. The van der Waals surface area contributed by atoms with Gasteiger partial charge in [0.05, 0.1) is 13.2 Å². The Hall–Kier alpha value is -1.13. The predicted octanol–water partition coefficient (Wildman–Crippen LogP) is 3.30. The second-order valence-electron chi connectivity index (χ2n) is 6.08. The Bertz CT molecular complexity index is 476. The molecule has 1 aromatic carbocycles. The third kappa shape index (κ3) is 2.54. The van der Waals surface area contributed by atoms with Gasteiger partial charge in [-0.15, -0.1) is 0 Å². The summed E-state index contributed by atoms with van der Waals surface area (Å²) < 4.78 is 24.8. The van der Waals surface area contributed by atoms with E-state index in [1.54, 1.807) is 26.4 Å². The fraction of sp³-hybridized carbons (Fsp3) is 0.625. The van der Waals surface area contributed by atoms with E-state index in [0.29, 0.717) is 17.4 Å². The Balaban J connectivity index is 2.12. The molecule has 1 N–H and O–H groups in total. The molecule has 0 aliphatic heterocycles. The highest BCUT2D eigenvalue weighted by atomic mass is 19.1. The number of halogens is 1. The largest absolute Gasteiger partial charge is 0.496 e. The van der Waals surface area contributed by atoms with E-state index in [1.165, 1.54) is 6.07 Å². The van der Waals surface area contributed by atoms with Crippen molar-refractivity contribution in [1.82, 2.24) is 5.32 Å². The van der Waals surface area contributed by atoms with Crippen LogP contribution in [-0.2, 0) is 4.74 Å². The van der Waals surface area contributed by atoms with Gasteiger partial charge < -0.3 is 14.8 Å². The monoisotopic (exact) mass is 281 g/mol. The molecule has 0 radical (unpaired) electrons. The molecule has 3 unspecified atom stereocenters. The lowest BCUT2D eigenvalue weighted by atomic mass is 9.64. The van der Waals surface area contributed by atoms with Crippen LogP contribution >= 0.6 is 0 Å². The lowest BCUT2D eigenvalue weighted by Gasteiger charge is -2.52. The lowest BCUT2D eigenvalue weighted by molar-refractivity contribution is -0.1000. The van der Waals surface area contributed by atoms with Crippen molar-refractivity contribution in [3.63, 3.8) is 0 Å². The first-order valence-electron chi connectivity index (χ1n) is 7.03. The molecule has 4 heteroatoms. The predicted molar refractivity (Wildman–Crippen MR) is 77.5 cm³/mol. The van der Waals surface area contributed by atoms with Crippen LogP contribution in [0.2, 0.25) is 0 Å². The van der Waals surface area contributed by atoms with Gasteiger partial charge in [0, 0.05) is 30.2 Å². The van der Waals surface area contributed by atoms with Crippen LogP contribution in [0.5, 0.6) is 5.75 Å². The number of rotatable bonds is 5. The topological polar surface area (TPSA) is 30.5 Å². The molecule has 1 fully saturated rings. The number of methoxy groups -OCH3 is 2. The van der Waals surface area contributed by atoms with Crippen molar-refractivity contribution in [1.29, 1.82) is 0 Å². The molecule has 1 aliphatic rings. The van der Waals surface area contributed by atoms with Crippen molar-refractivity contribution in [3.05, 3.63) is 29.6 Å². The first kappa shape index (κ1) is 15.3. The minimum absolute atomic E-state index is 0.0570. The average Bonchev–Trinajstić information content (AvgIpc) is 2.42. The van der Waals surface area contributed by atoms with E-state index < -0.39 is 0 Å². The molecule has 0 spiro atoms. The summed E-state index contributed by atoms with van der Waals surface area (Å²) in [6, 6.07) is 5.14. The van der Waals surface area contributed by atoms with Crippen LogP contribution in [0, 0.1) is 11.2 Å². The Kier molecular flexibility index (Phi) is 4.35. The van der Waals surface area contributed by atoms with E-state index in [1.807, 2.05) is 6.92 Å². The molecule has 2 rings (SSSR count). The average molecular weight is 281 g/mol. The molecule has 1 aliphatic carbocycles. The zero-order valence-electron chi connectivity index (χ0n) is 12.9. The molecule has 0 saturated heterocycles. The van der Waals surface area contributed by atoms with Crippen LogP contribution in [0.1, 0.15) is 38.8 Å². The maximum atomic E-state index is 14.1. The first-order chi connectivity index (χ1) is 9.41. The van der Waals surface area contributed by atoms with Crippen molar-refractivity contribution >= 4 is 0 Å². The van der Waals surface area contributed by atoms with E-state index in [0.717, 1.165) is 6.42 Å². The molecule has 1 aromatic rings. The summed E-state index contributed by atoms with van der Waals surface area (Å²) in [7, 11) is 3.31. The second kappa shape index (κ2) is 5.70. The Morgan fingerprint density at radius 2 is 2.05 bits per heavy atom. The van der Waals surface area contributed by atoms with Gasteiger partial charge in [0.25, 0.3) is 0 Å². The molecule has 20 heavy (non-hydrogen) atoms. The highest BCUT2D eigenvalue weighted by Gasteiger charge is 2.48. The number of hydrogen-bond acceptors (Lipinski definition) is 3. The second-order valence-corrected chi connectivity index (χ2v) is 6.08. The molecular weight excluding hydrogens is 257 g/mol. The Morgan fingerprint density at radius 1 is 1.35 bits per heavy atom. The van der Waals surface area contributed by atoms with Gasteiger partial charge in [-0.2, -0.15) is 0 Å². The summed E-state index contributed by atoms with van der Waals surface area (Å²) in [6.45, 7) is 6.32. The minimum atomic E-state index is -0.232. The van der Waals surface area contributed by atoms with Crippen LogP contribution in [-0.4, -0.2) is 26.4 Å². The van der Waals surface area contributed by atoms with Gasteiger partial charge in [-0.1, -0.05) is 19.9 Å². The molecule has 1 saturated carbocycles. The van der Waals surface area contributed by atoms with Crippen molar-refractivity contribution in [2.24, 2.45) is 5.41 Å². The SMILES string of the molecule is COc1cccc(F)c1C(C)NC1CC(OC)C1(C)C. The zero-order chi connectivity index (χ0) is 14.9. The molecule has 112 valence electrons. The van der Waals surface area contributed by atoms with Crippen molar-refractivity contribution in [3.8, 4) is 5.75 Å². The summed E-state index contributed by atoms with van der Waals surface area (Å²) in [5.41, 5.74) is 0.647. The number of hydrogen-bond donors (Lipinski definition) is 1. The van der Waals surface area contributed by atoms with Gasteiger partial charge in [0.1, 0.15) is 11.6 Å². The smallest absolute Gasteiger partial charge is 0.131 e. The fourth-order valence-corrected chi connectivity index (χ4v) is 3.07. The van der Waals surface area contributed by atoms with E-state index >= 15 is 0 Å². The quantitative estimate of drug-likeness (QED) is 0.898. The summed E-state index contributed by atoms with van der Waals surface area (Å²) in [4.78, 5) is 0. The molecular formula is C16H24FNO2. The fourth-order valence-electron chi connectivity index (χ4n) is 3.07. The van der Waals surface area contributed by atoms with Crippen LogP contribution in [0.3, 0.4) is 0 Å². The standard InChI is InChI=1S/C16H24FNO2/c1-10(15-11(17)7-6-8-12(15)19-4)18-13-9-14(20-5)16(13,2)3/h6-8,10,13-14,18H,9H2,1-5H3. The number of benzene rings is 1. The van der Waals surface area contributed by atoms with Crippen molar-refractivity contribution in [2.45, 2.75) is 45.4 Å². The van der Waals surface area contributed by atoms with Gasteiger partial charge in [-0.05, 0) is 25.5 Å². The van der Waals surface area contributed by atoms with Gasteiger partial charge in [0.2, 0.25) is 0 Å². The van der Waals surface area contributed by atoms with Crippen LogP contribution in [0.25, 0.3) is 0 Å². The molecule has 0 bridgehead atoms. The maximum absolute atomic E-state index is 14.1. The third-order valence-electron chi connectivity index (χ3n) is 4.58. The van der Waals surface area contributed by atoms with Crippen LogP contribution in [0.4, 0.5) is 4.39 Å². The van der Waals surface area contributed by atoms with E-state index in [-0.39, 0.29) is 23.4 Å². The van der Waals surface area contributed by atoms with Crippen LogP contribution in [0.15, 0.2) is 18.2 Å². The summed E-state index contributed by atoms with van der Waals surface area (Å²) >= 11 is 0. The van der Waals surface area contributed by atoms with Gasteiger partial charge in [-0.3, -0.25) is 0 Å². The molecule has 3 nitrogen and oxygen atoms in total. The van der Waals surface area contributed by atoms with Crippen LogP contribution < -0.4 is 10.1 Å². The van der Waals surface area contributed by atoms with Gasteiger partial charge in [0.15, 0.2) is 0 Å². The third-order valence-corrected chi connectivity index (χ3v) is 4.58. The molecule has 0 aromatic heterocycles. The zero-order valence-corrected chi connectivity index (χ0v) is 12.9. The Morgan fingerprint density at radius 3 is 2.60 bits per heavy atom. The number of ether oxygens (including phenoxy) is 2. The summed E-state index contributed by atoms with van der Waals surface area (Å²) in [5.74, 6) is 0.357. The van der Waals surface area contributed by atoms with Crippen molar-refractivity contribution in [2.75, 3.05) is 14.2 Å². The normalized spacial score (nSPS) is 25.9. The maximum Gasteiger partial charge on any atom is 0.131 e. The number of nitrogens with one attached hydrogen (secondary N) is 1. The van der Waals surface area contributed by atoms with Gasteiger partial charge in [-0.25, -0.2) is 4.39 Å². The lowest BCUT2D eigenvalue weighted by Crippen LogP contribution is -2.61. The highest BCUT2D eigenvalue weighted by molar-refractivity contribution is 5.37. The summed E-state index contributed by atoms with van der Waals surface area (Å²) in [6.07, 6.45) is 1.21. The van der Waals surface area contributed by atoms with Crippen molar-refractivity contribution < 1.29 is 13.9 Å². The Labute approximate surface area is 120 Å². The molecule has 3 atom stereocenters. The highest BCUT2D eigenvalue weighted by Crippen LogP contribution is 2.43. The summed E-state index contributed by atoms with van der Waals surface area (Å²) in [5, 5.41) is 3.50. The molecule has 0 heterocycles. The minimum Gasteiger partial charge on any atom is -0.496 e. The van der Waals surface area contributed by atoms with E-state index in [9.17, 15) is 4.39 Å². The van der Waals surface area contributed by atoms with Gasteiger partial charge >= 0.3 is 0 Å². The van der Waals surface area contributed by atoms with E-state index in [4.69, 9.17) is 9.47 Å². The first-order valence-corrected chi connectivity index (χ1v) is 7.03. The van der Waals surface area contributed by atoms with E-state index in [2.05, 4.69) is 19.2 Å².